The standard InChI is InChI=1S/C12H17N3O4/c1-8-2-4-9(5-3-8)14-12(18)13-7-10(16)6-11(17)15-19/h2-5,10,16,19H,6-7H2,1H3,(H,15,17)(H2,13,14,18). The molecule has 7 nitrogen and oxygen atoms in total. The first kappa shape index (κ1) is 14.9. The van der Waals surface area contributed by atoms with Gasteiger partial charge < -0.3 is 15.7 Å². The number of urea groups is 1. The van der Waals surface area contributed by atoms with Crippen molar-refractivity contribution in [2.75, 3.05) is 11.9 Å². The second-order valence-corrected chi connectivity index (χ2v) is 4.09. The summed E-state index contributed by atoms with van der Waals surface area (Å²) in [5.74, 6) is -0.715. The largest absolute Gasteiger partial charge is 0.391 e. The Morgan fingerprint density at radius 1 is 1.26 bits per heavy atom. The molecule has 0 fully saturated rings. The lowest BCUT2D eigenvalue weighted by molar-refractivity contribution is -0.131. The van der Waals surface area contributed by atoms with Crippen LogP contribution in [-0.4, -0.2) is 34.9 Å². The van der Waals surface area contributed by atoms with Crippen LogP contribution in [0.5, 0.6) is 0 Å². The minimum absolute atomic E-state index is 0.0921. The predicted octanol–water partition coefficient (Wildman–Crippen LogP) is 0.373. The number of hydrogen-bond donors (Lipinski definition) is 5. The van der Waals surface area contributed by atoms with Crippen LogP contribution >= 0.6 is 0 Å². The number of hydroxylamine groups is 1. The fourth-order valence-corrected chi connectivity index (χ4v) is 1.35. The molecular weight excluding hydrogens is 250 g/mol. The maximum atomic E-state index is 11.5. The molecule has 0 saturated heterocycles. The van der Waals surface area contributed by atoms with E-state index in [1.807, 2.05) is 19.1 Å². The highest BCUT2D eigenvalue weighted by Crippen LogP contribution is 2.07. The Morgan fingerprint density at radius 2 is 1.89 bits per heavy atom. The number of nitrogens with one attached hydrogen (secondary N) is 3. The van der Waals surface area contributed by atoms with Crippen LogP contribution in [0.2, 0.25) is 0 Å². The predicted molar refractivity (Wildman–Crippen MR) is 68.8 cm³/mol. The van der Waals surface area contributed by atoms with Gasteiger partial charge in [-0.3, -0.25) is 10.0 Å². The number of carbonyl (C=O) groups is 2. The van der Waals surface area contributed by atoms with Crippen molar-refractivity contribution in [3.8, 4) is 0 Å². The van der Waals surface area contributed by atoms with E-state index >= 15 is 0 Å². The number of aryl methyl sites for hydroxylation is 1. The van der Waals surface area contributed by atoms with Crippen LogP contribution in [0.3, 0.4) is 0 Å². The number of anilines is 1. The third-order valence-electron chi connectivity index (χ3n) is 2.35. The maximum absolute atomic E-state index is 11.5. The zero-order valence-electron chi connectivity index (χ0n) is 10.5. The molecule has 3 amide bonds. The van der Waals surface area contributed by atoms with Gasteiger partial charge >= 0.3 is 6.03 Å². The molecule has 19 heavy (non-hydrogen) atoms. The molecule has 0 bridgehead atoms. The van der Waals surface area contributed by atoms with Gasteiger partial charge in [-0.2, -0.15) is 0 Å². The lowest BCUT2D eigenvalue weighted by atomic mass is 10.2. The summed E-state index contributed by atoms with van der Waals surface area (Å²) >= 11 is 0. The van der Waals surface area contributed by atoms with Gasteiger partial charge in [0.25, 0.3) is 0 Å². The van der Waals surface area contributed by atoms with Gasteiger partial charge in [-0.25, -0.2) is 10.3 Å². The minimum atomic E-state index is -1.06. The van der Waals surface area contributed by atoms with Crippen molar-refractivity contribution in [2.45, 2.75) is 19.4 Å². The average molecular weight is 267 g/mol. The highest BCUT2D eigenvalue weighted by atomic mass is 16.5. The Labute approximate surface area is 110 Å². The van der Waals surface area contributed by atoms with Crippen molar-refractivity contribution >= 4 is 17.6 Å². The highest BCUT2D eigenvalue weighted by molar-refractivity contribution is 5.89. The Hall–Kier alpha value is -2.12. The maximum Gasteiger partial charge on any atom is 0.319 e. The smallest absolute Gasteiger partial charge is 0.319 e. The summed E-state index contributed by atoms with van der Waals surface area (Å²) in [4.78, 5) is 22.2. The summed E-state index contributed by atoms with van der Waals surface area (Å²) in [6, 6.07) is 6.74. The molecule has 0 aromatic heterocycles. The molecule has 1 rings (SSSR count). The average Bonchev–Trinajstić information content (AvgIpc) is 2.39. The molecule has 0 radical (unpaired) electrons. The summed E-state index contributed by atoms with van der Waals surface area (Å²) in [5.41, 5.74) is 3.11. The minimum Gasteiger partial charge on any atom is -0.391 e. The van der Waals surface area contributed by atoms with Crippen molar-refractivity contribution in [2.24, 2.45) is 0 Å². The summed E-state index contributed by atoms with van der Waals surface area (Å²) in [6.45, 7) is 1.84. The number of aliphatic hydroxyl groups excluding tert-OH is 1. The topological polar surface area (TPSA) is 111 Å². The molecule has 0 spiro atoms. The first-order chi connectivity index (χ1) is 9.01. The van der Waals surface area contributed by atoms with E-state index in [2.05, 4.69) is 10.6 Å². The molecule has 1 aromatic rings. The number of aliphatic hydroxyl groups is 1. The van der Waals surface area contributed by atoms with Crippen molar-refractivity contribution < 1.29 is 19.9 Å². The number of carbonyl (C=O) groups excluding carboxylic acids is 2. The van der Waals surface area contributed by atoms with E-state index < -0.39 is 18.0 Å². The summed E-state index contributed by atoms with van der Waals surface area (Å²) in [5, 5.41) is 22.6. The van der Waals surface area contributed by atoms with Crippen molar-refractivity contribution in [1.29, 1.82) is 0 Å². The second-order valence-electron chi connectivity index (χ2n) is 4.09. The van der Waals surface area contributed by atoms with Gasteiger partial charge in [0.15, 0.2) is 0 Å². The molecule has 104 valence electrons. The Morgan fingerprint density at radius 3 is 2.47 bits per heavy atom. The van der Waals surface area contributed by atoms with E-state index in [0.717, 1.165) is 5.56 Å². The summed E-state index contributed by atoms with van der Waals surface area (Å²) in [6.07, 6.45) is -1.35. The quantitative estimate of drug-likeness (QED) is 0.392. The van der Waals surface area contributed by atoms with Crippen LogP contribution < -0.4 is 16.1 Å². The number of rotatable bonds is 5. The SMILES string of the molecule is Cc1ccc(NC(=O)NCC(O)CC(=O)NO)cc1. The van der Waals surface area contributed by atoms with Crippen LogP contribution in [0.25, 0.3) is 0 Å². The Balaban J connectivity index is 2.31. The van der Waals surface area contributed by atoms with E-state index in [-0.39, 0.29) is 13.0 Å². The van der Waals surface area contributed by atoms with Crippen molar-refractivity contribution in [3.05, 3.63) is 29.8 Å². The van der Waals surface area contributed by atoms with Gasteiger partial charge in [0.1, 0.15) is 0 Å². The fourth-order valence-electron chi connectivity index (χ4n) is 1.35. The Kier molecular flexibility index (Phi) is 5.77. The van der Waals surface area contributed by atoms with Gasteiger partial charge in [0, 0.05) is 12.2 Å². The number of hydrogen-bond acceptors (Lipinski definition) is 4. The monoisotopic (exact) mass is 267 g/mol. The third kappa shape index (κ3) is 5.84. The van der Waals surface area contributed by atoms with E-state index in [9.17, 15) is 14.7 Å². The lowest BCUT2D eigenvalue weighted by Gasteiger charge is -2.11. The molecule has 1 unspecified atom stereocenters. The zero-order chi connectivity index (χ0) is 14.3. The van der Waals surface area contributed by atoms with Gasteiger partial charge in [-0.05, 0) is 19.1 Å². The highest BCUT2D eigenvalue weighted by Gasteiger charge is 2.11. The van der Waals surface area contributed by atoms with Gasteiger partial charge in [-0.15, -0.1) is 0 Å². The molecule has 0 aliphatic heterocycles. The first-order valence-corrected chi connectivity index (χ1v) is 5.74. The second kappa shape index (κ2) is 7.34. The normalized spacial score (nSPS) is 11.5. The molecule has 7 heteroatoms. The van der Waals surface area contributed by atoms with Crippen LogP contribution in [0.4, 0.5) is 10.5 Å². The molecule has 0 saturated carbocycles. The van der Waals surface area contributed by atoms with Crippen LogP contribution in [0, 0.1) is 6.92 Å². The van der Waals surface area contributed by atoms with E-state index in [4.69, 9.17) is 5.21 Å². The van der Waals surface area contributed by atoms with E-state index in [0.29, 0.717) is 5.69 Å². The summed E-state index contributed by atoms with van der Waals surface area (Å²) in [7, 11) is 0. The zero-order valence-corrected chi connectivity index (χ0v) is 10.5. The summed E-state index contributed by atoms with van der Waals surface area (Å²) < 4.78 is 0. The van der Waals surface area contributed by atoms with Crippen LogP contribution in [-0.2, 0) is 4.79 Å². The molecule has 0 heterocycles. The van der Waals surface area contributed by atoms with Gasteiger partial charge in [0.2, 0.25) is 5.91 Å². The Bertz CT molecular complexity index is 433. The van der Waals surface area contributed by atoms with Crippen LogP contribution in [0.15, 0.2) is 24.3 Å². The number of amides is 3. The molecule has 5 N–H and O–H groups in total. The molecule has 0 aliphatic rings. The molecule has 1 aromatic carbocycles. The third-order valence-corrected chi connectivity index (χ3v) is 2.35. The van der Waals surface area contributed by atoms with Gasteiger partial charge in [-0.1, -0.05) is 17.7 Å². The van der Waals surface area contributed by atoms with E-state index in [1.165, 1.54) is 5.48 Å². The number of benzene rings is 1. The first-order valence-electron chi connectivity index (χ1n) is 5.74. The molecule has 0 aliphatic carbocycles. The van der Waals surface area contributed by atoms with Gasteiger partial charge in [0.05, 0.1) is 12.5 Å². The fraction of sp³-hybridized carbons (Fsp3) is 0.333. The molecule has 1 atom stereocenters. The molecular formula is C12H17N3O4. The van der Waals surface area contributed by atoms with Crippen molar-refractivity contribution in [3.63, 3.8) is 0 Å². The van der Waals surface area contributed by atoms with Crippen LogP contribution in [0.1, 0.15) is 12.0 Å². The van der Waals surface area contributed by atoms with Crippen molar-refractivity contribution in [1.82, 2.24) is 10.8 Å². The lowest BCUT2D eigenvalue weighted by Crippen LogP contribution is -2.37. The van der Waals surface area contributed by atoms with E-state index in [1.54, 1.807) is 12.1 Å².